The third-order valence-corrected chi connectivity index (χ3v) is 4.85. The van der Waals surface area contributed by atoms with Crippen molar-refractivity contribution in [1.29, 1.82) is 0 Å². The summed E-state index contributed by atoms with van der Waals surface area (Å²) in [6, 6.07) is 12.2. The molecule has 0 atom stereocenters. The number of carbonyl (C=O) groups is 1. The van der Waals surface area contributed by atoms with Gasteiger partial charge in [0.05, 0.1) is 16.6 Å². The van der Waals surface area contributed by atoms with Crippen molar-refractivity contribution >= 4 is 28.9 Å². The summed E-state index contributed by atoms with van der Waals surface area (Å²) in [5.74, 6) is -0.342. The molecule has 0 aliphatic carbocycles. The van der Waals surface area contributed by atoms with E-state index in [2.05, 4.69) is 0 Å². The number of thiocarbonyl (C=S) groups is 1. The van der Waals surface area contributed by atoms with Gasteiger partial charge < -0.3 is 14.7 Å². The van der Waals surface area contributed by atoms with Gasteiger partial charge in [-0.2, -0.15) is 0 Å². The highest BCUT2D eigenvalue weighted by molar-refractivity contribution is 7.80. The van der Waals surface area contributed by atoms with Gasteiger partial charge >= 0.3 is 5.97 Å². The Bertz CT molecular complexity index is 861. The number of nitro groups is 1. The highest BCUT2D eigenvalue weighted by Crippen LogP contribution is 2.20. The second-order valence-electron chi connectivity index (χ2n) is 6.24. The largest absolute Gasteiger partial charge is 0.423 e. The molecule has 0 unspecified atom stereocenters. The second kappa shape index (κ2) is 8.24. The van der Waals surface area contributed by atoms with Crippen LogP contribution in [-0.2, 0) is 0 Å². The lowest BCUT2D eigenvalue weighted by Gasteiger charge is -2.31. The molecule has 1 aliphatic heterocycles. The number of piperidine rings is 1. The number of benzene rings is 2. The van der Waals surface area contributed by atoms with Gasteiger partial charge in [0.1, 0.15) is 10.7 Å². The number of likely N-dealkylation sites (tertiary alicyclic amines) is 1. The highest BCUT2D eigenvalue weighted by atomic mass is 32.1. The van der Waals surface area contributed by atoms with Crippen LogP contribution in [0.5, 0.6) is 5.75 Å². The number of esters is 1. The first-order chi connectivity index (χ1) is 12.9. The SMILES string of the molecule is O=C(Oc1ccc(C(=S)N2CCC(O)CC2)cc1)c1cccc([N+](=O)[O-])c1. The lowest BCUT2D eigenvalue weighted by molar-refractivity contribution is -0.384. The summed E-state index contributed by atoms with van der Waals surface area (Å²) < 4.78 is 5.28. The van der Waals surface area contributed by atoms with Crippen LogP contribution in [0, 0.1) is 10.1 Å². The number of nitrogens with zero attached hydrogens (tertiary/aromatic N) is 2. The zero-order valence-corrected chi connectivity index (χ0v) is 15.2. The number of nitro benzene ring substituents is 1. The van der Waals surface area contributed by atoms with Crippen molar-refractivity contribution < 1.29 is 19.6 Å². The third-order valence-electron chi connectivity index (χ3n) is 4.36. The van der Waals surface area contributed by atoms with Crippen LogP contribution >= 0.6 is 12.2 Å². The number of hydrogen-bond acceptors (Lipinski definition) is 6. The monoisotopic (exact) mass is 386 g/mol. The maximum absolute atomic E-state index is 12.2. The topological polar surface area (TPSA) is 92.9 Å². The Labute approximate surface area is 161 Å². The maximum Gasteiger partial charge on any atom is 0.343 e. The molecule has 0 bridgehead atoms. The first kappa shape index (κ1) is 18.9. The molecular formula is C19H18N2O5S. The molecule has 7 nitrogen and oxygen atoms in total. The summed E-state index contributed by atoms with van der Waals surface area (Å²) in [6.45, 7) is 1.42. The van der Waals surface area contributed by atoms with Crippen LogP contribution in [0.3, 0.4) is 0 Å². The van der Waals surface area contributed by atoms with Crippen molar-refractivity contribution in [1.82, 2.24) is 4.90 Å². The molecule has 0 saturated carbocycles. The Balaban J connectivity index is 1.65. The maximum atomic E-state index is 12.2. The lowest BCUT2D eigenvalue weighted by atomic mass is 10.1. The average Bonchev–Trinajstić information content (AvgIpc) is 2.68. The smallest absolute Gasteiger partial charge is 0.343 e. The zero-order chi connectivity index (χ0) is 19.4. The molecule has 0 aromatic heterocycles. The van der Waals surface area contributed by atoms with E-state index in [-0.39, 0.29) is 17.4 Å². The van der Waals surface area contributed by atoms with E-state index in [1.54, 1.807) is 24.3 Å². The number of rotatable bonds is 4. The molecule has 0 radical (unpaired) electrons. The minimum Gasteiger partial charge on any atom is -0.423 e. The van der Waals surface area contributed by atoms with Gasteiger partial charge in [0.25, 0.3) is 5.69 Å². The fourth-order valence-electron chi connectivity index (χ4n) is 2.83. The average molecular weight is 386 g/mol. The highest BCUT2D eigenvalue weighted by Gasteiger charge is 2.20. The Hall–Kier alpha value is -2.84. The minimum atomic E-state index is -0.668. The van der Waals surface area contributed by atoms with Crippen LogP contribution < -0.4 is 4.74 Å². The molecule has 1 N–H and O–H groups in total. The molecule has 27 heavy (non-hydrogen) atoms. The summed E-state index contributed by atoms with van der Waals surface area (Å²) in [5, 5.41) is 20.4. The summed E-state index contributed by atoms with van der Waals surface area (Å²) in [4.78, 5) is 25.2. The quantitative estimate of drug-likeness (QED) is 0.284. The summed E-state index contributed by atoms with van der Waals surface area (Å²) >= 11 is 5.50. The van der Waals surface area contributed by atoms with E-state index in [0.717, 1.165) is 5.56 Å². The van der Waals surface area contributed by atoms with Gasteiger partial charge in [0.15, 0.2) is 0 Å². The molecule has 140 valence electrons. The number of aliphatic hydroxyl groups excluding tert-OH is 1. The van der Waals surface area contributed by atoms with Gasteiger partial charge in [-0.25, -0.2) is 4.79 Å². The summed E-state index contributed by atoms with van der Waals surface area (Å²) in [6.07, 6.45) is 1.12. The van der Waals surface area contributed by atoms with E-state index in [1.165, 1.54) is 24.3 Å². The Morgan fingerprint density at radius 3 is 2.44 bits per heavy atom. The molecule has 3 rings (SSSR count). The van der Waals surface area contributed by atoms with Crippen molar-refractivity contribution in [2.45, 2.75) is 18.9 Å². The standard InChI is InChI=1S/C19H18N2O5S/c22-16-8-10-20(11-9-16)18(27)13-4-6-17(7-5-13)26-19(23)14-2-1-3-15(12-14)21(24)25/h1-7,12,16,22H,8-11H2. The van der Waals surface area contributed by atoms with E-state index < -0.39 is 10.9 Å². The van der Waals surface area contributed by atoms with Crippen molar-refractivity contribution in [3.05, 3.63) is 69.8 Å². The Morgan fingerprint density at radius 2 is 1.81 bits per heavy atom. The Kier molecular flexibility index (Phi) is 5.78. The van der Waals surface area contributed by atoms with Gasteiger partial charge in [-0.1, -0.05) is 18.3 Å². The van der Waals surface area contributed by atoms with Crippen molar-refractivity contribution in [3.8, 4) is 5.75 Å². The summed E-state index contributed by atoms with van der Waals surface area (Å²) in [5.41, 5.74) is 0.768. The van der Waals surface area contributed by atoms with Gasteiger partial charge in [0, 0.05) is 30.8 Å². The van der Waals surface area contributed by atoms with E-state index in [9.17, 15) is 20.0 Å². The molecule has 8 heteroatoms. The number of non-ortho nitro benzene ring substituents is 1. The Morgan fingerprint density at radius 1 is 1.15 bits per heavy atom. The van der Waals surface area contributed by atoms with E-state index in [1.807, 2.05) is 4.90 Å². The molecule has 0 amide bonds. The van der Waals surface area contributed by atoms with E-state index in [0.29, 0.717) is 36.7 Å². The van der Waals surface area contributed by atoms with Crippen molar-refractivity contribution in [3.63, 3.8) is 0 Å². The number of carbonyl (C=O) groups excluding carboxylic acids is 1. The normalized spacial score (nSPS) is 14.6. The predicted molar refractivity (Wildman–Crippen MR) is 103 cm³/mol. The lowest BCUT2D eigenvalue weighted by Crippen LogP contribution is -2.39. The molecule has 2 aromatic carbocycles. The molecule has 2 aromatic rings. The van der Waals surface area contributed by atoms with Crippen LogP contribution in [0.2, 0.25) is 0 Å². The molecule has 1 fully saturated rings. The van der Waals surface area contributed by atoms with E-state index in [4.69, 9.17) is 17.0 Å². The van der Waals surface area contributed by atoms with Gasteiger partial charge in [-0.3, -0.25) is 10.1 Å². The summed E-state index contributed by atoms with van der Waals surface area (Å²) in [7, 11) is 0. The van der Waals surface area contributed by atoms with Gasteiger partial charge in [0.2, 0.25) is 0 Å². The third kappa shape index (κ3) is 4.66. The predicted octanol–water partition coefficient (Wildman–Crippen LogP) is 2.95. The van der Waals surface area contributed by atoms with Crippen LogP contribution in [0.15, 0.2) is 48.5 Å². The van der Waals surface area contributed by atoms with Crippen LogP contribution in [-0.4, -0.2) is 45.1 Å². The van der Waals surface area contributed by atoms with Crippen molar-refractivity contribution in [2.24, 2.45) is 0 Å². The second-order valence-corrected chi connectivity index (χ2v) is 6.63. The molecule has 1 aliphatic rings. The number of hydrogen-bond donors (Lipinski definition) is 1. The zero-order valence-electron chi connectivity index (χ0n) is 14.4. The first-order valence-electron chi connectivity index (χ1n) is 8.48. The first-order valence-corrected chi connectivity index (χ1v) is 8.89. The van der Waals surface area contributed by atoms with Crippen LogP contribution in [0.1, 0.15) is 28.8 Å². The van der Waals surface area contributed by atoms with Gasteiger partial charge in [-0.05, 0) is 43.2 Å². The molecule has 0 spiro atoms. The fraction of sp³-hybridized carbons (Fsp3) is 0.263. The van der Waals surface area contributed by atoms with Gasteiger partial charge in [-0.15, -0.1) is 0 Å². The van der Waals surface area contributed by atoms with Crippen LogP contribution in [0.25, 0.3) is 0 Å². The minimum absolute atomic E-state index is 0.107. The fourth-order valence-corrected chi connectivity index (χ4v) is 3.15. The van der Waals surface area contributed by atoms with Crippen LogP contribution in [0.4, 0.5) is 5.69 Å². The molecular weight excluding hydrogens is 368 g/mol. The molecule has 1 saturated heterocycles. The van der Waals surface area contributed by atoms with E-state index >= 15 is 0 Å². The number of aliphatic hydroxyl groups is 1. The molecule has 1 heterocycles. The van der Waals surface area contributed by atoms with Crippen molar-refractivity contribution in [2.75, 3.05) is 13.1 Å². The number of ether oxygens (including phenoxy) is 1.